The summed E-state index contributed by atoms with van der Waals surface area (Å²) in [6.45, 7) is 1.19. The SMILES string of the molecule is C[C@H](c1nc2ccc(Cl)cc2[nH]1)N(C)C[C@H](O)C(F)(F)F. The van der Waals surface area contributed by atoms with Crippen LogP contribution in [0.15, 0.2) is 18.2 Å². The molecule has 0 aliphatic carbocycles. The fourth-order valence-corrected chi connectivity index (χ4v) is 2.11. The number of nitrogens with one attached hydrogen (secondary N) is 1. The number of halogens is 4. The number of likely N-dealkylation sites (N-methyl/N-ethyl adjacent to an activating group) is 1. The van der Waals surface area contributed by atoms with Gasteiger partial charge in [-0.3, -0.25) is 4.90 Å². The van der Waals surface area contributed by atoms with Gasteiger partial charge >= 0.3 is 6.18 Å². The smallest absolute Gasteiger partial charge is 0.382 e. The van der Waals surface area contributed by atoms with E-state index < -0.39 is 24.9 Å². The van der Waals surface area contributed by atoms with Crippen molar-refractivity contribution in [3.05, 3.63) is 29.0 Å². The van der Waals surface area contributed by atoms with E-state index in [9.17, 15) is 13.2 Å². The summed E-state index contributed by atoms with van der Waals surface area (Å²) in [6, 6.07) is 4.71. The predicted molar refractivity (Wildman–Crippen MR) is 74.2 cm³/mol. The summed E-state index contributed by atoms with van der Waals surface area (Å²) >= 11 is 5.87. The zero-order chi connectivity index (χ0) is 15.8. The van der Waals surface area contributed by atoms with Crippen molar-refractivity contribution < 1.29 is 18.3 Å². The summed E-state index contributed by atoms with van der Waals surface area (Å²) in [5.74, 6) is 0.518. The molecule has 2 rings (SSSR count). The second-order valence-corrected chi connectivity index (χ2v) is 5.39. The van der Waals surface area contributed by atoms with Gasteiger partial charge in [0.15, 0.2) is 6.10 Å². The molecule has 2 atom stereocenters. The van der Waals surface area contributed by atoms with Crippen molar-refractivity contribution in [3.63, 3.8) is 0 Å². The molecular formula is C13H15ClF3N3O. The largest absolute Gasteiger partial charge is 0.415 e. The monoisotopic (exact) mass is 321 g/mol. The lowest BCUT2D eigenvalue weighted by Gasteiger charge is -2.26. The van der Waals surface area contributed by atoms with Gasteiger partial charge in [-0.05, 0) is 32.2 Å². The van der Waals surface area contributed by atoms with E-state index in [0.29, 0.717) is 21.9 Å². The van der Waals surface area contributed by atoms with Crippen LogP contribution < -0.4 is 0 Å². The van der Waals surface area contributed by atoms with E-state index in [2.05, 4.69) is 9.97 Å². The van der Waals surface area contributed by atoms with Crippen molar-refractivity contribution in [2.45, 2.75) is 25.2 Å². The Morgan fingerprint density at radius 1 is 1.43 bits per heavy atom. The van der Waals surface area contributed by atoms with Gasteiger partial charge in [-0.2, -0.15) is 13.2 Å². The van der Waals surface area contributed by atoms with Gasteiger partial charge in [0.05, 0.1) is 17.1 Å². The second-order valence-electron chi connectivity index (χ2n) is 4.96. The van der Waals surface area contributed by atoms with E-state index >= 15 is 0 Å². The number of rotatable bonds is 4. The van der Waals surface area contributed by atoms with E-state index in [1.54, 1.807) is 25.1 Å². The summed E-state index contributed by atoms with van der Waals surface area (Å²) in [5.41, 5.74) is 1.40. The third-order valence-corrected chi connectivity index (χ3v) is 3.59. The fraction of sp³-hybridized carbons (Fsp3) is 0.462. The number of H-pyrrole nitrogens is 1. The standard InChI is InChI=1S/C13H15ClF3N3O/c1-7(20(2)6-11(21)13(15,16)17)12-18-9-4-3-8(14)5-10(9)19-12/h3-5,7,11,21H,6H2,1-2H3,(H,18,19)/t7-,11+/m1/s1. The first-order valence-electron chi connectivity index (χ1n) is 6.28. The third kappa shape index (κ3) is 3.66. The lowest BCUT2D eigenvalue weighted by Crippen LogP contribution is -2.40. The molecule has 8 heteroatoms. The number of alkyl halides is 3. The zero-order valence-corrected chi connectivity index (χ0v) is 12.2. The number of imidazole rings is 1. The van der Waals surface area contributed by atoms with E-state index in [1.165, 1.54) is 11.9 Å². The number of fused-ring (bicyclic) bond motifs is 1. The molecule has 0 amide bonds. The van der Waals surface area contributed by atoms with Crippen LogP contribution in [0.25, 0.3) is 11.0 Å². The maximum Gasteiger partial charge on any atom is 0.415 e. The van der Waals surface area contributed by atoms with Crippen LogP contribution >= 0.6 is 11.6 Å². The minimum absolute atomic E-state index is 0.409. The Balaban J connectivity index is 2.15. The molecular weight excluding hydrogens is 307 g/mol. The predicted octanol–water partition coefficient (Wildman–Crippen LogP) is 3.13. The van der Waals surface area contributed by atoms with Crippen molar-refractivity contribution in [1.29, 1.82) is 0 Å². The summed E-state index contributed by atoms with van der Waals surface area (Å²) in [7, 11) is 1.50. The molecule has 0 unspecified atom stereocenters. The Labute approximate surface area is 124 Å². The van der Waals surface area contributed by atoms with Crippen LogP contribution in [0.5, 0.6) is 0 Å². The molecule has 0 aliphatic rings. The topological polar surface area (TPSA) is 52.2 Å². The van der Waals surface area contributed by atoms with Gasteiger partial charge in [0.1, 0.15) is 5.82 Å². The molecule has 1 heterocycles. The van der Waals surface area contributed by atoms with Gasteiger partial charge in [-0.15, -0.1) is 0 Å². The number of benzene rings is 1. The molecule has 0 aliphatic heterocycles. The van der Waals surface area contributed by atoms with Crippen molar-refractivity contribution in [2.75, 3.05) is 13.6 Å². The molecule has 4 nitrogen and oxygen atoms in total. The van der Waals surface area contributed by atoms with Crippen LogP contribution in [-0.2, 0) is 0 Å². The number of nitrogens with zero attached hydrogens (tertiary/aromatic N) is 2. The van der Waals surface area contributed by atoms with Crippen LogP contribution in [0.4, 0.5) is 13.2 Å². The van der Waals surface area contributed by atoms with E-state index in [4.69, 9.17) is 16.7 Å². The molecule has 0 saturated heterocycles. The Hall–Kier alpha value is -1.31. The van der Waals surface area contributed by atoms with Crippen LogP contribution in [0, 0.1) is 0 Å². The lowest BCUT2D eigenvalue weighted by molar-refractivity contribution is -0.208. The molecule has 0 radical (unpaired) electrons. The van der Waals surface area contributed by atoms with E-state index in [1.807, 2.05) is 0 Å². The van der Waals surface area contributed by atoms with Crippen LogP contribution in [0.1, 0.15) is 18.8 Å². The molecule has 0 spiro atoms. The molecule has 21 heavy (non-hydrogen) atoms. The fourth-order valence-electron chi connectivity index (χ4n) is 1.94. The van der Waals surface area contributed by atoms with E-state index in [0.717, 1.165) is 0 Å². The highest BCUT2D eigenvalue weighted by Crippen LogP contribution is 2.25. The Kier molecular flexibility index (Phi) is 4.46. The Morgan fingerprint density at radius 3 is 2.71 bits per heavy atom. The highest BCUT2D eigenvalue weighted by molar-refractivity contribution is 6.31. The molecule has 2 N–H and O–H groups in total. The number of hydrogen-bond donors (Lipinski definition) is 2. The molecule has 0 fully saturated rings. The first-order chi connectivity index (χ1) is 9.68. The molecule has 0 bridgehead atoms. The number of hydrogen-bond acceptors (Lipinski definition) is 3. The normalized spacial score (nSPS) is 15.6. The van der Waals surface area contributed by atoms with Crippen LogP contribution in [-0.4, -0.2) is 45.8 Å². The quantitative estimate of drug-likeness (QED) is 0.909. The van der Waals surface area contributed by atoms with Crippen molar-refractivity contribution in [1.82, 2.24) is 14.9 Å². The second kappa shape index (κ2) is 5.82. The highest BCUT2D eigenvalue weighted by Gasteiger charge is 2.39. The average Bonchev–Trinajstić information content (AvgIpc) is 2.79. The summed E-state index contributed by atoms with van der Waals surface area (Å²) in [4.78, 5) is 8.74. The van der Waals surface area contributed by atoms with E-state index in [-0.39, 0.29) is 0 Å². The van der Waals surface area contributed by atoms with Crippen LogP contribution in [0.2, 0.25) is 5.02 Å². The summed E-state index contributed by atoms with van der Waals surface area (Å²) < 4.78 is 37.1. The minimum Gasteiger partial charge on any atom is -0.382 e. The van der Waals surface area contributed by atoms with Crippen molar-refractivity contribution in [3.8, 4) is 0 Å². The van der Waals surface area contributed by atoms with Crippen molar-refractivity contribution >= 4 is 22.6 Å². The van der Waals surface area contributed by atoms with Gasteiger partial charge in [-0.1, -0.05) is 11.6 Å². The number of aromatic nitrogens is 2. The summed E-state index contributed by atoms with van der Waals surface area (Å²) in [5, 5.41) is 9.66. The first kappa shape index (κ1) is 16.1. The Bertz CT molecular complexity index is 629. The number of aliphatic hydroxyl groups is 1. The number of aliphatic hydroxyl groups excluding tert-OH is 1. The molecule has 1 aromatic heterocycles. The first-order valence-corrected chi connectivity index (χ1v) is 6.66. The lowest BCUT2D eigenvalue weighted by atomic mass is 10.2. The van der Waals surface area contributed by atoms with Crippen LogP contribution in [0.3, 0.4) is 0 Å². The van der Waals surface area contributed by atoms with Gasteiger partial charge in [-0.25, -0.2) is 4.98 Å². The van der Waals surface area contributed by atoms with Crippen molar-refractivity contribution in [2.24, 2.45) is 0 Å². The Morgan fingerprint density at radius 2 is 2.10 bits per heavy atom. The van der Waals surface area contributed by atoms with Gasteiger partial charge in [0.2, 0.25) is 0 Å². The zero-order valence-electron chi connectivity index (χ0n) is 11.4. The molecule has 116 valence electrons. The van der Waals surface area contributed by atoms with Gasteiger partial charge in [0, 0.05) is 11.6 Å². The molecule has 2 aromatic rings. The third-order valence-electron chi connectivity index (χ3n) is 3.36. The average molecular weight is 322 g/mol. The number of aromatic amines is 1. The maximum atomic E-state index is 12.4. The summed E-state index contributed by atoms with van der Waals surface area (Å²) in [6.07, 6.45) is -7.01. The minimum atomic E-state index is -4.63. The molecule has 1 aromatic carbocycles. The van der Waals surface area contributed by atoms with Gasteiger partial charge in [0.25, 0.3) is 0 Å². The maximum absolute atomic E-state index is 12.4. The highest BCUT2D eigenvalue weighted by atomic mass is 35.5. The van der Waals surface area contributed by atoms with Gasteiger partial charge < -0.3 is 10.1 Å². The molecule has 0 saturated carbocycles.